The fourth-order valence-corrected chi connectivity index (χ4v) is 4.25. The molecule has 1 fully saturated rings. The number of nitrogens with zero attached hydrogens (tertiary/aromatic N) is 1. The van der Waals surface area contributed by atoms with Gasteiger partial charge >= 0.3 is 0 Å². The van der Waals surface area contributed by atoms with Crippen LogP contribution in [0.1, 0.15) is 18.9 Å². The summed E-state index contributed by atoms with van der Waals surface area (Å²) in [5, 5.41) is 0. The number of anilines is 1. The van der Waals surface area contributed by atoms with Crippen LogP contribution in [0.5, 0.6) is 0 Å². The Bertz CT molecular complexity index is 566. The van der Waals surface area contributed by atoms with Crippen molar-refractivity contribution in [2.75, 3.05) is 25.9 Å². The molecule has 0 bridgehead atoms. The van der Waals surface area contributed by atoms with Crippen molar-refractivity contribution < 1.29 is 8.42 Å². The highest BCUT2D eigenvalue weighted by Gasteiger charge is 2.28. The van der Waals surface area contributed by atoms with Crippen LogP contribution in [-0.4, -0.2) is 39.5 Å². The summed E-state index contributed by atoms with van der Waals surface area (Å²) in [6, 6.07) is 4.91. The third kappa shape index (κ3) is 3.50. The molecule has 0 radical (unpaired) electrons. The molecule has 1 saturated heterocycles. The molecule has 1 aliphatic heterocycles. The number of hydrogen-bond donors (Lipinski definition) is 2. The maximum Gasteiger partial charge on any atom is 0.240 e. The monoisotopic (exact) mass is 297 g/mol. The van der Waals surface area contributed by atoms with Crippen LogP contribution in [0.3, 0.4) is 0 Å². The van der Waals surface area contributed by atoms with Gasteiger partial charge in [-0.1, -0.05) is 6.92 Å². The smallest absolute Gasteiger partial charge is 0.240 e. The molecule has 1 heterocycles. The van der Waals surface area contributed by atoms with E-state index in [0.717, 1.165) is 25.1 Å². The number of benzene rings is 1. The van der Waals surface area contributed by atoms with Crippen molar-refractivity contribution in [1.82, 2.24) is 9.62 Å². The first kappa shape index (κ1) is 15.3. The fourth-order valence-electron chi connectivity index (χ4n) is 2.73. The third-order valence-electron chi connectivity index (χ3n) is 3.80. The molecule has 1 aromatic carbocycles. The summed E-state index contributed by atoms with van der Waals surface area (Å²) in [6.45, 7) is 5.73. The van der Waals surface area contributed by atoms with E-state index in [2.05, 4.69) is 23.6 Å². The number of nitrogen functional groups attached to an aromatic ring is 1. The SMILES string of the molecule is Cc1cc(N)cc(S(=O)(=O)NC2CCN(C)CC2C)c1. The molecule has 2 unspecified atom stereocenters. The zero-order valence-electron chi connectivity index (χ0n) is 12.3. The first-order valence-corrected chi connectivity index (χ1v) is 8.34. The Morgan fingerprint density at radius 1 is 1.35 bits per heavy atom. The van der Waals surface area contributed by atoms with Crippen molar-refractivity contribution in [3.05, 3.63) is 23.8 Å². The van der Waals surface area contributed by atoms with E-state index in [1.807, 2.05) is 6.92 Å². The third-order valence-corrected chi connectivity index (χ3v) is 5.27. The molecule has 20 heavy (non-hydrogen) atoms. The molecule has 0 aliphatic carbocycles. The van der Waals surface area contributed by atoms with Crippen molar-refractivity contribution >= 4 is 15.7 Å². The average Bonchev–Trinajstić information content (AvgIpc) is 2.31. The molecule has 0 spiro atoms. The van der Waals surface area contributed by atoms with E-state index in [4.69, 9.17) is 5.73 Å². The van der Waals surface area contributed by atoms with Crippen molar-refractivity contribution in [2.24, 2.45) is 5.92 Å². The van der Waals surface area contributed by atoms with Crippen molar-refractivity contribution in [3.8, 4) is 0 Å². The predicted molar refractivity (Wildman–Crippen MR) is 81.0 cm³/mol. The molecule has 6 heteroatoms. The Hall–Kier alpha value is -1.11. The predicted octanol–water partition coefficient (Wildman–Crippen LogP) is 1.20. The highest BCUT2D eigenvalue weighted by atomic mass is 32.2. The lowest BCUT2D eigenvalue weighted by molar-refractivity contribution is 0.188. The van der Waals surface area contributed by atoms with Gasteiger partial charge in [-0.2, -0.15) is 0 Å². The molecule has 0 amide bonds. The molecule has 5 nitrogen and oxygen atoms in total. The number of hydrogen-bond acceptors (Lipinski definition) is 4. The molecule has 112 valence electrons. The minimum atomic E-state index is -3.50. The highest BCUT2D eigenvalue weighted by molar-refractivity contribution is 7.89. The van der Waals surface area contributed by atoms with Crippen LogP contribution in [0.15, 0.2) is 23.1 Å². The summed E-state index contributed by atoms with van der Waals surface area (Å²) in [7, 11) is -1.45. The summed E-state index contributed by atoms with van der Waals surface area (Å²) in [4.78, 5) is 2.47. The number of piperidine rings is 1. The van der Waals surface area contributed by atoms with Gasteiger partial charge in [-0.05, 0) is 56.6 Å². The minimum absolute atomic E-state index is 0.0158. The number of aryl methyl sites for hydroxylation is 1. The molecule has 2 rings (SSSR count). The van der Waals surface area contributed by atoms with E-state index in [1.54, 1.807) is 12.1 Å². The lowest BCUT2D eigenvalue weighted by Crippen LogP contribution is -2.48. The minimum Gasteiger partial charge on any atom is -0.399 e. The molecule has 2 atom stereocenters. The highest BCUT2D eigenvalue weighted by Crippen LogP contribution is 2.20. The summed E-state index contributed by atoms with van der Waals surface area (Å²) in [6.07, 6.45) is 0.832. The number of nitrogens with one attached hydrogen (secondary N) is 1. The maximum absolute atomic E-state index is 12.5. The van der Waals surface area contributed by atoms with Crippen LogP contribution in [0.25, 0.3) is 0 Å². The van der Waals surface area contributed by atoms with Gasteiger partial charge in [-0.3, -0.25) is 0 Å². The number of rotatable bonds is 3. The van der Waals surface area contributed by atoms with Gasteiger partial charge in [0.15, 0.2) is 0 Å². The van der Waals surface area contributed by atoms with Crippen LogP contribution >= 0.6 is 0 Å². The van der Waals surface area contributed by atoms with E-state index in [9.17, 15) is 8.42 Å². The fraction of sp³-hybridized carbons (Fsp3) is 0.571. The summed E-state index contributed by atoms with van der Waals surface area (Å²) >= 11 is 0. The molecule has 0 aromatic heterocycles. The number of nitrogens with two attached hydrogens (primary N) is 1. The van der Waals surface area contributed by atoms with E-state index in [-0.39, 0.29) is 10.9 Å². The molecular weight excluding hydrogens is 274 g/mol. The lowest BCUT2D eigenvalue weighted by atomic mass is 9.95. The van der Waals surface area contributed by atoms with Crippen LogP contribution in [0.2, 0.25) is 0 Å². The van der Waals surface area contributed by atoms with Gasteiger partial charge in [0.1, 0.15) is 0 Å². The van der Waals surface area contributed by atoms with E-state index in [0.29, 0.717) is 11.6 Å². The van der Waals surface area contributed by atoms with Crippen LogP contribution in [-0.2, 0) is 10.0 Å². The van der Waals surface area contributed by atoms with E-state index >= 15 is 0 Å². The standard InChI is InChI=1S/C14H23N3O2S/c1-10-6-12(15)8-13(7-10)20(18,19)16-14-4-5-17(3)9-11(14)2/h6-8,11,14,16H,4-5,9,15H2,1-3H3. The average molecular weight is 297 g/mol. The zero-order valence-corrected chi connectivity index (χ0v) is 13.1. The van der Waals surface area contributed by atoms with Gasteiger partial charge in [-0.15, -0.1) is 0 Å². The van der Waals surface area contributed by atoms with Crippen LogP contribution < -0.4 is 10.5 Å². The summed E-state index contributed by atoms with van der Waals surface area (Å²) < 4.78 is 27.7. The number of sulfonamides is 1. The lowest BCUT2D eigenvalue weighted by Gasteiger charge is -2.34. The molecular formula is C14H23N3O2S. The Kier molecular flexibility index (Phi) is 4.36. The Labute approximate surface area is 121 Å². The van der Waals surface area contributed by atoms with Gasteiger partial charge in [0, 0.05) is 18.3 Å². The molecule has 1 aliphatic rings. The Balaban J connectivity index is 2.19. The van der Waals surface area contributed by atoms with Gasteiger partial charge in [0.2, 0.25) is 10.0 Å². The Morgan fingerprint density at radius 2 is 2.05 bits per heavy atom. The van der Waals surface area contributed by atoms with E-state index < -0.39 is 10.0 Å². The normalized spacial score (nSPS) is 24.8. The van der Waals surface area contributed by atoms with Crippen molar-refractivity contribution in [3.63, 3.8) is 0 Å². The van der Waals surface area contributed by atoms with Crippen LogP contribution in [0.4, 0.5) is 5.69 Å². The van der Waals surface area contributed by atoms with Crippen molar-refractivity contribution in [1.29, 1.82) is 0 Å². The van der Waals surface area contributed by atoms with Crippen LogP contribution in [0, 0.1) is 12.8 Å². The topological polar surface area (TPSA) is 75.4 Å². The van der Waals surface area contributed by atoms with Gasteiger partial charge in [-0.25, -0.2) is 13.1 Å². The Morgan fingerprint density at radius 3 is 2.65 bits per heavy atom. The van der Waals surface area contributed by atoms with Gasteiger partial charge in [0.05, 0.1) is 4.90 Å². The second kappa shape index (κ2) is 5.71. The summed E-state index contributed by atoms with van der Waals surface area (Å²) in [5.74, 6) is 0.297. The van der Waals surface area contributed by atoms with Gasteiger partial charge in [0.25, 0.3) is 0 Å². The largest absolute Gasteiger partial charge is 0.399 e. The zero-order chi connectivity index (χ0) is 14.9. The second-order valence-corrected chi connectivity index (χ2v) is 7.55. The first-order chi connectivity index (χ1) is 9.28. The molecule has 3 N–H and O–H groups in total. The summed E-state index contributed by atoms with van der Waals surface area (Å²) in [5.41, 5.74) is 7.06. The molecule has 1 aromatic rings. The van der Waals surface area contributed by atoms with Gasteiger partial charge < -0.3 is 10.6 Å². The second-order valence-electron chi connectivity index (χ2n) is 5.84. The van der Waals surface area contributed by atoms with E-state index in [1.165, 1.54) is 6.07 Å². The molecule has 0 saturated carbocycles. The maximum atomic E-state index is 12.5. The quantitative estimate of drug-likeness (QED) is 0.822. The number of likely N-dealkylation sites (tertiary alicyclic amines) is 1. The first-order valence-electron chi connectivity index (χ1n) is 6.86. The van der Waals surface area contributed by atoms with Crippen molar-refractivity contribution in [2.45, 2.75) is 31.2 Å².